The molecule has 154 valence electrons. The second-order valence-electron chi connectivity index (χ2n) is 7.01. The first-order valence-corrected chi connectivity index (χ1v) is 9.88. The van der Waals surface area contributed by atoms with Gasteiger partial charge in [0.2, 0.25) is 0 Å². The fraction of sp³-hybridized carbons (Fsp3) is 0.391. The van der Waals surface area contributed by atoms with Crippen molar-refractivity contribution in [3.8, 4) is 11.5 Å². The first kappa shape index (κ1) is 20.7. The van der Waals surface area contributed by atoms with Crippen LogP contribution in [0.15, 0.2) is 41.6 Å². The summed E-state index contributed by atoms with van der Waals surface area (Å²) < 4.78 is 10.6. The smallest absolute Gasteiger partial charge is 0.273 e. The quantitative estimate of drug-likeness (QED) is 0.549. The molecular weight excluding hydrogens is 368 g/mol. The molecule has 0 saturated heterocycles. The molecule has 29 heavy (non-hydrogen) atoms. The van der Waals surface area contributed by atoms with Crippen LogP contribution < -0.4 is 14.8 Å². The summed E-state index contributed by atoms with van der Waals surface area (Å²) in [5.41, 5.74) is 4.80. The number of hydrogen-bond donors (Lipinski definition) is 1. The van der Waals surface area contributed by atoms with Crippen LogP contribution in [0.2, 0.25) is 0 Å². The summed E-state index contributed by atoms with van der Waals surface area (Å²) >= 11 is 0. The van der Waals surface area contributed by atoms with Crippen molar-refractivity contribution in [2.24, 2.45) is 5.16 Å². The number of nitrogens with zero attached hydrogens (tertiary/aromatic N) is 1. The van der Waals surface area contributed by atoms with Gasteiger partial charge in [-0.15, -0.1) is 0 Å². The Bertz CT molecular complexity index is 892. The molecule has 0 aromatic heterocycles. The maximum atomic E-state index is 12.7. The summed E-state index contributed by atoms with van der Waals surface area (Å²) in [5, 5.41) is 6.93. The summed E-state index contributed by atoms with van der Waals surface area (Å²) in [4.78, 5) is 17.7. The van der Waals surface area contributed by atoms with Gasteiger partial charge in [-0.3, -0.25) is 4.79 Å². The van der Waals surface area contributed by atoms with E-state index >= 15 is 0 Å². The molecule has 0 radical (unpaired) electrons. The topological polar surface area (TPSA) is 69.2 Å². The molecule has 0 spiro atoms. The minimum atomic E-state index is -0.247. The van der Waals surface area contributed by atoms with Crippen LogP contribution in [0.5, 0.6) is 11.5 Å². The van der Waals surface area contributed by atoms with Crippen LogP contribution in [-0.2, 0) is 28.9 Å². The number of fused-ring (bicyclic) bond motifs is 1. The predicted octanol–water partition coefficient (Wildman–Crippen LogP) is 3.29. The van der Waals surface area contributed by atoms with Gasteiger partial charge in [0, 0.05) is 12.1 Å². The highest BCUT2D eigenvalue weighted by atomic mass is 16.6. The Morgan fingerprint density at radius 1 is 0.966 bits per heavy atom. The Labute approximate surface area is 171 Å². The molecule has 1 N–H and O–H groups in total. The number of ether oxygens (including phenoxy) is 2. The van der Waals surface area contributed by atoms with E-state index < -0.39 is 0 Å². The molecule has 0 atom stereocenters. The molecule has 0 aliphatic heterocycles. The van der Waals surface area contributed by atoms with Gasteiger partial charge >= 0.3 is 0 Å². The highest BCUT2D eigenvalue weighted by Gasteiger charge is 2.18. The predicted molar refractivity (Wildman–Crippen MR) is 113 cm³/mol. The normalized spacial score (nSPS) is 13.4. The van der Waals surface area contributed by atoms with Crippen LogP contribution in [0.1, 0.15) is 35.1 Å². The summed E-state index contributed by atoms with van der Waals surface area (Å²) in [6, 6.07) is 11.9. The van der Waals surface area contributed by atoms with E-state index in [4.69, 9.17) is 14.3 Å². The molecule has 3 rings (SSSR count). The van der Waals surface area contributed by atoms with Crippen molar-refractivity contribution in [1.29, 1.82) is 0 Å². The molecular formula is C23H28N2O4. The van der Waals surface area contributed by atoms with E-state index in [9.17, 15) is 4.79 Å². The molecule has 6 heteroatoms. The van der Waals surface area contributed by atoms with Crippen molar-refractivity contribution in [1.82, 2.24) is 5.32 Å². The summed E-state index contributed by atoms with van der Waals surface area (Å²) in [6.07, 6.45) is 5.22. The van der Waals surface area contributed by atoms with Gasteiger partial charge in [-0.05, 0) is 67.0 Å². The van der Waals surface area contributed by atoms with Crippen molar-refractivity contribution in [2.45, 2.75) is 32.1 Å². The zero-order valence-electron chi connectivity index (χ0n) is 17.3. The van der Waals surface area contributed by atoms with Crippen molar-refractivity contribution in [3.63, 3.8) is 0 Å². The van der Waals surface area contributed by atoms with Crippen LogP contribution in [0.25, 0.3) is 0 Å². The standard InChI is InChI=1S/C23H28N2O4/c1-27-20-11-8-16(14-21(20)28-2)12-13-24-23(26)22(25-29-3)19-10-9-17-6-4-5-7-18(17)15-19/h8-11,14-15H,4-7,12-13H2,1-3H3,(H,24,26)/b25-22-. The third kappa shape index (κ3) is 5.08. The fourth-order valence-electron chi connectivity index (χ4n) is 3.64. The van der Waals surface area contributed by atoms with Gasteiger partial charge < -0.3 is 19.6 Å². The molecule has 6 nitrogen and oxygen atoms in total. The monoisotopic (exact) mass is 396 g/mol. The van der Waals surface area contributed by atoms with Gasteiger partial charge in [0.05, 0.1) is 14.2 Å². The fourth-order valence-corrected chi connectivity index (χ4v) is 3.64. The maximum Gasteiger partial charge on any atom is 0.273 e. The maximum absolute atomic E-state index is 12.7. The number of oxime groups is 1. The second-order valence-corrected chi connectivity index (χ2v) is 7.01. The first-order valence-electron chi connectivity index (χ1n) is 9.88. The van der Waals surface area contributed by atoms with Crippen LogP contribution in [0.4, 0.5) is 0 Å². The van der Waals surface area contributed by atoms with E-state index in [2.05, 4.69) is 22.6 Å². The van der Waals surface area contributed by atoms with Crippen molar-refractivity contribution in [2.75, 3.05) is 27.9 Å². The molecule has 1 aliphatic rings. The van der Waals surface area contributed by atoms with Gasteiger partial charge in [0.25, 0.3) is 5.91 Å². The summed E-state index contributed by atoms with van der Waals surface area (Å²) in [5.74, 6) is 1.11. The van der Waals surface area contributed by atoms with Crippen molar-refractivity contribution < 1.29 is 19.1 Å². The molecule has 0 bridgehead atoms. The SMILES string of the molecule is CO/N=C(\C(=O)NCCc1ccc(OC)c(OC)c1)c1ccc2c(c1)CCCC2. The minimum absolute atomic E-state index is 0.247. The van der Waals surface area contributed by atoms with Gasteiger partial charge in [0.15, 0.2) is 17.2 Å². The molecule has 2 aromatic rings. The zero-order valence-corrected chi connectivity index (χ0v) is 17.3. The number of methoxy groups -OCH3 is 2. The molecule has 0 unspecified atom stereocenters. The Morgan fingerprint density at radius 2 is 1.72 bits per heavy atom. The van der Waals surface area contributed by atoms with Gasteiger partial charge in [0.1, 0.15) is 7.11 Å². The Kier molecular flexibility index (Phi) is 7.11. The Morgan fingerprint density at radius 3 is 2.45 bits per heavy atom. The lowest BCUT2D eigenvalue weighted by molar-refractivity contribution is -0.114. The van der Waals surface area contributed by atoms with E-state index in [1.807, 2.05) is 24.3 Å². The average Bonchev–Trinajstić information content (AvgIpc) is 2.76. The molecule has 1 aliphatic carbocycles. The van der Waals surface area contributed by atoms with E-state index in [-0.39, 0.29) is 5.91 Å². The van der Waals surface area contributed by atoms with Crippen LogP contribution >= 0.6 is 0 Å². The number of hydrogen-bond acceptors (Lipinski definition) is 5. The van der Waals surface area contributed by atoms with E-state index in [1.165, 1.54) is 31.1 Å². The summed E-state index contributed by atoms with van der Waals surface area (Å²) in [7, 11) is 4.67. The molecule has 0 fully saturated rings. The van der Waals surface area contributed by atoms with E-state index in [0.717, 1.165) is 24.0 Å². The third-order valence-corrected chi connectivity index (χ3v) is 5.17. The van der Waals surface area contributed by atoms with Crippen LogP contribution in [0, 0.1) is 0 Å². The van der Waals surface area contributed by atoms with E-state index in [0.29, 0.717) is 30.2 Å². The Balaban J connectivity index is 1.65. The number of nitrogens with one attached hydrogen (secondary N) is 1. The summed E-state index contributed by atoms with van der Waals surface area (Å²) in [6.45, 7) is 0.474. The number of aryl methyl sites for hydroxylation is 2. The van der Waals surface area contributed by atoms with Crippen LogP contribution in [0.3, 0.4) is 0 Å². The molecule has 0 heterocycles. The minimum Gasteiger partial charge on any atom is -0.493 e. The largest absolute Gasteiger partial charge is 0.493 e. The number of rotatable bonds is 8. The Hall–Kier alpha value is -3.02. The highest BCUT2D eigenvalue weighted by Crippen LogP contribution is 2.27. The molecule has 1 amide bonds. The number of benzene rings is 2. The second kappa shape index (κ2) is 9.96. The van der Waals surface area contributed by atoms with Gasteiger partial charge in [-0.1, -0.05) is 23.4 Å². The van der Waals surface area contributed by atoms with Crippen molar-refractivity contribution in [3.05, 3.63) is 58.7 Å². The first-order chi connectivity index (χ1) is 14.2. The van der Waals surface area contributed by atoms with E-state index in [1.54, 1.807) is 14.2 Å². The van der Waals surface area contributed by atoms with Crippen LogP contribution in [-0.4, -0.2) is 39.5 Å². The van der Waals surface area contributed by atoms with Crippen molar-refractivity contribution >= 4 is 11.6 Å². The number of carbonyl (C=O) groups is 1. The average molecular weight is 396 g/mol. The number of amides is 1. The van der Waals surface area contributed by atoms with Gasteiger partial charge in [-0.25, -0.2) is 0 Å². The third-order valence-electron chi connectivity index (χ3n) is 5.17. The molecule has 0 saturated carbocycles. The highest BCUT2D eigenvalue weighted by molar-refractivity contribution is 6.45. The lowest BCUT2D eigenvalue weighted by atomic mass is 9.89. The lowest BCUT2D eigenvalue weighted by Crippen LogP contribution is -2.33. The van der Waals surface area contributed by atoms with Gasteiger partial charge in [-0.2, -0.15) is 0 Å². The zero-order chi connectivity index (χ0) is 20.6. The molecule has 2 aromatic carbocycles. The lowest BCUT2D eigenvalue weighted by Gasteiger charge is -2.17. The number of carbonyl (C=O) groups excluding carboxylic acids is 1.